The maximum absolute atomic E-state index is 11.9. The molecule has 0 amide bonds. The first-order valence-corrected chi connectivity index (χ1v) is 13.9. The molecule has 1 aromatic rings. The molecule has 5 atom stereocenters. The third-order valence-corrected chi connectivity index (χ3v) is 6.36. The van der Waals surface area contributed by atoms with Crippen molar-refractivity contribution in [2.45, 2.75) is 136 Å². The number of esters is 3. The van der Waals surface area contributed by atoms with Gasteiger partial charge in [0.15, 0.2) is 24.5 Å². The predicted octanol–water partition coefficient (Wildman–Crippen LogP) is 4.43. The summed E-state index contributed by atoms with van der Waals surface area (Å²) in [6.45, 7) is 8.52. The van der Waals surface area contributed by atoms with E-state index in [1.165, 1.54) is 76.8 Å². The van der Waals surface area contributed by atoms with Crippen molar-refractivity contribution in [3.63, 3.8) is 0 Å². The van der Waals surface area contributed by atoms with E-state index in [9.17, 15) is 14.4 Å². The molecule has 0 spiro atoms. The molecule has 1 fully saturated rings. The Labute approximate surface area is 225 Å². The number of hydrogen-bond acceptors (Lipinski definition) is 10. The highest BCUT2D eigenvalue weighted by Crippen LogP contribution is 2.34. The molecule has 0 aromatic carbocycles. The summed E-state index contributed by atoms with van der Waals surface area (Å²) in [6.07, 6.45) is 9.44. The average molecular weight is 540 g/mol. The molecule has 2 rings (SSSR count). The molecule has 0 saturated carbocycles. The maximum Gasteiger partial charge on any atom is 0.303 e. The van der Waals surface area contributed by atoms with Crippen molar-refractivity contribution in [1.29, 1.82) is 0 Å². The molecule has 38 heavy (non-hydrogen) atoms. The van der Waals surface area contributed by atoms with E-state index >= 15 is 0 Å². The van der Waals surface area contributed by atoms with Gasteiger partial charge in [-0.2, -0.15) is 0 Å². The first-order valence-electron chi connectivity index (χ1n) is 13.9. The van der Waals surface area contributed by atoms with Crippen LogP contribution in [-0.4, -0.2) is 63.9 Å². The lowest BCUT2D eigenvalue weighted by atomic mass is 9.98. The zero-order valence-electron chi connectivity index (χ0n) is 23.6. The fourth-order valence-electron chi connectivity index (χ4n) is 4.57. The van der Waals surface area contributed by atoms with E-state index in [0.29, 0.717) is 12.3 Å². The summed E-state index contributed by atoms with van der Waals surface area (Å²) in [6, 6.07) is 0. The van der Waals surface area contributed by atoms with Gasteiger partial charge in [0.05, 0.1) is 18.9 Å². The lowest BCUT2D eigenvalue weighted by Crippen LogP contribution is -2.58. The summed E-state index contributed by atoms with van der Waals surface area (Å²) >= 11 is 0. The number of carbonyl (C=O) groups is 3. The molecule has 216 valence electrons. The third kappa shape index (κ3) is 11.1. The number of unbranched alkanes of at least 4 members (excludes halogenated alkanes) is 9. The van der Waals surface area contributed by atoms with E-state index in [4.69, 9.17) is 23.7 Å². The highest BCUT2D eigenvalue weighted by molar-refractivity contribution is 5.68. The van der Waals surface area contributed by atoms with Gasteiger partial charge < -0.3 is 23.7 Å². The quantitative estimate of drug-likeness (QED) is 0.159. The zero-order chi connectivity index (χ0) is 27.9. The fourth-order valence-corrected chi connectivity index (χ4v) is 4.57. The van der Waals surface area contributed by atoms with E-state index < -0.39 is 48.6 Å². The predicted molar refractivity (Wildman–Crippen MR) is 138 cm³/mol. The van der Waals surface area contributed by atoms with E-state index in [2.05, 4.69) is 17.2 Å². The van der Waals surface area contributed by atoms with Gasteiger partial charge in [-0.05, 0) is 13.3 Å². The van der Waals surface area contributed by atoms with Crippen LogP contribution in [0.3, 0.4) is 0 Å². The van der Waals surface area contributed by atoms with Crippen LogP contribution in [0.2, 0.25) is 0 Å². The Hall–Kier alpha value is -2.53. The minimum absolute atomic E-state index is 0.279. The normalized spacial score (nSPS) is 23.1. The van der Waals surface area contributed by atoms with E-state index in [1.807, 2.05) is 0 Å². The van der Waals surface area contributed by atoms with Crippen LogP contribution in [0.4, 0.5) is 0 Å². The van der Waals surface area contributed by atoms with Gasteiger partial charge in [0.2, 0.25) is 0 Å². The summed E-state index contributed by atoms with van der Waals surface area (Å²) in [5, 5.41) is 8.28. The second-order valence-electron chi connectivity index (χ2n) is 9.88. The molecule has 2 heterocycles. The fraction of sp³-hybridized carbons (Fsp3) is 0.815. The van der Waals surface area contributed by atoms with Crippen molar-refractivity contribution >= 4 is 17.9 Å². The van der Waals surface area contributed by atoms with Gasteiger partial charge in [-0.1, -0.05) is 69.9 Å². The Morgan fingerprint density at radius 2 is 1.34 bits per heavy atom. The van der Waals surface area contributed by atoms with Gasteiger partial charge in [-0.3, -0.25) is 14.4 Å². The second kappa shape index (κ2) is 17.1. The molecular formula is C27H45N3O8. The van der Waals surface area contributed by atoms with E-state index in [0.717, 1.165) is 12.8 Å². The van der Waals surface area contributed by atoms with Crippen LogP contribution in [0.5, 0.6) is 0 Å². The number of carbonyl (C=O) groups excluding carboxylic acids is 3. The standard InChI is InChI=1S/C27H45N3O8/c1-6-7-8-9-10-11-12-13-14-15-16-34-18-23-17-30(29-28-23)27-26(38-22(5)33)25(37-21(4)32)24(19(2)35-27)36-20(3)31/h17,19,24-27H,6-16,18H2,1-5H3/t19-,24-,25+,26+,27-/m0/s1. The molecule has 1 aromatic heterocycles. The van der Waals surface area contributed by atoms with Crippen LogP contribution in [0, 0.1) is 0 Å². The molecule has 0 radical (unpaired) electrons. The van der Waals surface area contributed by atoms with Crippen molar-refractivity contribution in [3.05, 3.63) is 11.9 Å². The van der Waals surface area contributed by atoms with Gasteiger partial charge in [0, 0.05) is 27.4 Å². The van der Waals surface area contributed by atoms with E-state index in [-0.39, 0.29) is 6.61 Å². The van der Waals surface area contributed by atoms with Crippen molar-refractivity contribution in [2.75, 3.05) is 6.61 Å². The molecule has 0 unspecified atom stereocenters. The van der Waals surface area contributed by atoms with Crippen molar-refractivity contribution in [2.24, 2.45) is 0 Å². The second-order valence-corrected chi connectivity index (χ2v) is 9.88. The Kier molecular flexibility index (Phi) is 14.3. The van der Waals surface area contributed by atoms with Gasteiger partial charge in [0.25, 0.3) is 0 Å². The number of aromatic nitrogens is 3. The van der Waals surface area contributed by atoms with Crippen LogP contribution in [0.1, 0.15) is 111 Å². The van der Waals surface area contributed by atoms with Crippen LogP contribution >= 0.6 is 0 Å². The zero-order valence-corrected chi connectivity index (χ0v) is 23.6. The Morgan fingerprint density at radius 3 is 1.92 bits per heavy atom. The number of nitrogens with zero attached hydrogens (tertiary/aromatic N) is 3. The highest BCUT2D eigenvalue weighted by Gasteiger charge is 2.51. The third-order valence-electron chi connectivity index (χ3n) is 6.36. The maximum atomic E-state index is 11.9. The topological polar surface area (TPSA) is 128 Å². The van der Waals surface area contributed by atoms with Crippen molar-refractivity contribution in [1.82, 2.24) is 15.0 Å². The van der Waals surface area contributed by atoms with Crippen LogP contribution in [0.25, 0.3) is 0 Å². The van der Waals surface area contributed by atoms with Gasteiger partial charge >= 0.3 is 17.9 Å². The number of rotatable bonds is 17. The van der Waals surface area contributed by atoms with Gasteiger partial charge in [0.1, 0.15) is 5.69 Å². The molecule has 1 aliphatic rings. The summed E-state index contributed by atoms with van der Waals surface area (Å²) in [5.74, 6) is -1.81. The van der Waals surface area contributed by atoms with Gasteiger partial charge in [-0.15, -0.1) is 5.10 Å². The first kappa shape index (κ1) is 31.7. The largest absolute Gasteiger partial charge is 0.456 e. The molecule has 1 aliphatic heterocycles. The molecular weight excluding hydrogens is 494 g/mol. The lowest BCUT2D eigenvalue weighted by Gasteiger charge is -2.43. The highest BCUT2D eigenvalue weighted by atomic mass is 16.7. The molecule has 0 aliphatic carbocycles. The lowest BCUT2D eigenvalue weighted by molar-refractivity contribution is -0.261. The van der Waals surface area contributed by atoms with Crippen LogP contribution in [-0.2, 0) is 44.7 Å². The van der Waals surface area contributed by atoms with Crippen LogP contribution in [0.15, 0.2) is 6.20 Å². The Balaban J connectivity index is 1.88. The smallest absolute Gasteiger partial charge is 0.303 e. The monoisotopic (exact) mass is 539 g/mol. The molecule has 11 nitrogen and oxygen atoms in total. The molecule has 0 N–H and O–H groups in total. The van der Waals surface area contributed by atoms with Gasteiger partial charge in [-0.25, -0.2) is 4.68 Å². The Bertz CT molecular complexity index is 861. The molecule has 11 heteroatoms. The minimum atomic E-state index is -1.11. The minimum Gasteiger partial charge on any atom is -0.456 e. The summed E-state index contributed by atoms with van der Waals surface area (Å²) in [4.78, 5) is 35.4. The van der Waals surface area contributed by atoms with E-state index in [1.54, 1.807) is 13.1 Å². The summed E-state index contributed by atoms with van der Waals surface area (Å²) in [7, 11) is 0. The average Bonchev–Trinajstić information content (AvgIpc) is 3.31. The number of hydrogen-bond donors (Lipinski definition) is 0. The molecule has 1 saturated heterocycles. The molecule has 0 bridgehead atoms. The van der Waals surface area contributed by atoms with Crippen molar-refractivity contribution < 1.29 is 38.1 Å². The Morgan fingerprint density at radius 1 is 0.816 bits per heavy atom. The first-order chi connectivity index (χ1) is 18.2. The number of ether oxygens (including phenoxy) is 5. The van der Waals surface area contributed by atoms with Crippen LogP contribution < -0.4 is 0 Å². The summed E-state index contributed by atoms with van der Waals surface area (Å²) < 4.78 is 29.4. The summed E-state index contributed by atoms with van der Waals surface area (Å²) in [5.41, 5.74) is 0.584. The SMILES string of the molecule is CCCCCCCCCCCCOCc1cn([C@H]2O[C@@H](C)[C@H](OC(C)=O)[C@@H](OC(C)=O)[C@H]2OC(C)=O)nn1. The van der Waals surface area contributed by atoms with Crippen molar-refractivity contribution in [3.8, 4) is 0 Å².